The van der Waals surface area contributed by atoms with Gasteiger partial charge < -0.3 is 10.4 Å². The molecule has 0 unspecified atom stereocenters. The van der Waals surface area contributed by atoms with Crippen molar-refractivity contribution in [3.8, 4) is 11.1 Å². The van der Waals surface area contributed by atoms with Crippen molar-refractivity contribution >= 4 is 23.6 Å². The van der Waals surface area contributed by atoms with E-state index >= 15 is 0 Å². The molecule has 2 aromatic carbocycles. The van der Waals surface area contributed by atoms with Crippen LogP contribution < -0.4 is 5.32 Å². The lowest BCUT2D eigenvalue weighted by Gasteiger charge is -2.38. The number of carbonyl (C=O) groups is 2. The number of benzene rings is 2. The van der Waals surface area contributed by atoms with Crippen LogP contribution in [-0.4, -0.2) is 52.0 Å². The number of thioether (sulfide) groups is 1. The Balaban J connectivity index is 1.94. The average molecular weight is 621 g/mol. The monoisotopic (exact) mass is 620 g/mol. The van der Waals surface area contributed by atoms with Gasteiger partial charge in [-0.3, -0.25) is 9.69 Å². The van der Waals surface area contributed by atoms with Gasteiger partial charge in [0, 0.05) is 24.2 Å². The van der Waals surface area contributed by atoms with E-state index < -0.39 is 12.0 Å². The Bertz CT molecular complexity index is 1230. The minimum Gasteiger partial charge on any atom is -0.480 e. The summed E-state index contributed by atoms with van der Waals surface area (Å²) < 4.78 is 0. The second-order valence-electron chi connectivity index (χ2n) is 13.2. The number of aliphatic carboxylic acids is 1. The molecule has 2 aromatic rings. The SMILES string of the molecule is CSCC[C@H](NC(=O)c1ccc(CN(C(C)C)[C@@H](CCCC=C(C)C)CC2CCCCC2)cc1-c1ccccc1C)C(=O)O. The lowest BCUT2D eigenvalue weighted by atomic mass is 9.83. The zero-order valence-corrected chi connectivity index (χ0v) is 28.8. The first kappa shape index (κ1) is 35.9. The molecule has 0 spiro atoms. The molecule has 1 amide bonds. The molecule has 0 saturated heterocycles. The fraction of sp³-hybridized carbons (Fsp3) is 0.579. The summed E-state index contributed by atoms with van der Waals surface area (Å²) in [4.78, 5) is 28.2. The number of amides is 1. The number of hydrogen-bond acceptors (Lipinski definition) is 4. The number of nitrogens with one attached hydrogen (secondary N) is 1. The van der Waals surface area contributed by atoms with Crippen LogP contribution in [0.1, 0.15) is 113 Å². The summed E-state index contributed by atoms with van der Waals surface area (Å²) in [7, 11) is 0. The summed E-state index contributed by atoms with van der Waals surface area (Å²) in [5, 5.41) is 12.6. The standard InChI is InChI=1S/C38H56N2O3S/c1-27(2)14-10-12-18-32(24-30-16-8-7-9-17-30)40(28(3)4)26-31-20-21-34(35(25-31)33-19-13-11-15-29(33)5)37(41)39-36(38(42)43)22-23-44-6/h11,13-15,19-21,25,28,30,32,36H,7-10,12,16-18,22-24,26H2,1-6H3,(H,39,41)(H,42,43)/t32-,36-/m0/s1. The first-order valence-electron chi connectivity index (χ1n) is 16.7. The van der Waals surface area contributed by atoms with Gasteiger partial charge in [-0.1, -0.05) is 74.1 Å². The van der Waals surface area contributed by atoms with Gasteiger partial charge in [-0.25, -0.2) is 4.79 Å². The maximum Gasteiger partial charge on any atom is 0.326 e. The molecule has 242 valence electrons. The predicted molar refractivity (Wildman–Crippen MR) is 187 cm³/mol. The summed E-state index contributed by atoms with van der Waals surface area (Å²) >= 11 is 1.58. The lowest BCUT2D eigenvalue weighted by molar-refractivity contribution is -0.139. The lowest BCUT2D eigenvalue weighted by Crippen LogP contribution is -2.42. The molecule has 1 fully saturated rings. The van der Waals surface area contributed by atoms with E-state index in [2.05, 4.69) is 75.2 Å². The van der Waals surface area contributed by atoms with E-state index in [1.165, 1.54) is 62.5 Å². The molecule has 5 nitrogen and oxygen atoms in total. The van der Waals surface area contributed by atoms with Crippen LogP contribution in [0.5, 0.6) is 0 Å². The molecule has 3 rings (SSSR count). The van der Waals surface area contributed by atoms with Crippen LogP contribution in [0.25, 0.3) is 11.1 Å². The highest BCUT2D eigenvalue weighted by Crippen LogP contribution is 2.33. The molecule has 0 heterocycles. The van der Waals surface area contributed by atoms with Crippen LogP contribution >= 0.6 is 11.8 Å². The number of hydrogen-bond donors (Lipinski definition) is 2. The van der Waals surface area contributed by atoms with E-state index in [0.717, 1.165) is 35.6 Å². The first-order chi connectivity index (χ1) is 21.1. The molecule has 0 bridgehead atoms. The van der Waals surface area contributed by atoms with Gasteiger partial charge in [0.25, 0.3) is 5.91 Å². The highest BCUT2D eigenvalue weighted by Gasteiger charge is 2.27. The summed E-state index contributed by atoms with van der Waals surface area (Å²) in [5.74, 6) is 0.142. The van der Waals surface area contributed by atoms with Gasteiger partial charge in [-0.05, 0) is 119 Å². The Kier molecular flexibility index (Phi) is 15.0. The maximum absolute atomic E-state index is 13.6. The number of carbonyl (C=O) groups excluding carboxylic acids is 1. The van der Waals surface area contributed by atoms with Gasteiger partial charge in [0.15, 0.2) is 0 Å². The van der Waals surface area contributed by atoms with Crippen LogP contribution in [0, 0.1) is 12.8 Å². The molecule has 44 heavy (non-hydrogen) atoms. The Morgan fingerprint density at radius 1 is 1.05 bits per heavy atom. The van der Waals surface area contributed by atoms with E-state index in [9.17, 15) is 14.7 Å². The van der Waals surface area contributed by atoms with Crippen molar-refractivity contribution in [2.45, 2.75) is 123 Å². The molecule has 2 atom stereocenters. The van der Waals surface area contributed by atoms with Crippen molar-refractivity contribution in [3.05, 3.63) is 70.8 Å². The van der Waals surface area contributed by atoms with Crippen molar-refractivity contribution in [2.24, 2.45) is 5.92 Å². The van der Waals surface area contributed by atoms with Gasteiger partial charge >= 0.3 is 5.97 Å². The molecule has 6 heteroatoms. The Labute approximate surface area is 271 Å². The fourth-order valence-corrected chi connectivity index (χ4v) is 7.10. The van der Waals surface area contributed by atoms with Gasteiger partial charge in [0.1, 0.15) is 6.04 Å². The van der Waals surface area contributed by atoms with Crippen LogP contribution in [0.3, 0.4) is 0 Å². The molecule has 0 aliphatic heterocycles. The largest absolute Gasteiger partial charge is 0.480 e. The fourth-order valence-electron chi connectivity index (χ4n) is 6.63. The third-order valence-electron chi connectivity index (χ3n) is 9.10. The van der Waals surface area contributed by atoms with Crippen LogP contribution in [-0.2, 0) is 11.3 Å². The van der Waals surface area contributed by atoms with E-state index in [1.54, 1.807) is 11.8 Å². The van der Waals surface area contributed by atoms with Crippen molar-refractivity contribution in [3.63, 3.8) is 0 Å². The van der Waals surface area contributed by atoms with Crippen LogP contribution in [0.2, 0.25) is 0 Å². The summed E-state index contributed by atoms with van der Waals surface area (Å²) in [6, 6.07) is 14.3. The molecule has 1 aliphatic carbocycles. The Morgan fingerprint density at radius 2 is 1.77 bits per heavy atom. The first-order valence-corrected chi connectivity index (χ1v) is 18.1. The summed E-state index contributed by atoms with van der Waals surface area (Å²) in [5.41, 5.74) is 6.06. The topological polar surface area (TPSA) is 69.6 Å². The van der Waals surface area contributed by atoms with Crippen LogP contribution in [0.15, 0.2) is 54.1 Å². The molecule has 1 saturated carbocycles. The molecule has 2 N–H and O–H groups in total. The molecular weight excluding hydrogens is 564 g/mol. The number of unbranched alkanes of at least 4 members (excludes halogenated alkanes) is 1. The number of nitrogens with zero attached hydrogens (tertiary/aromatic N) is 1. The van der Waals surface area contributed by atoms with Crippen molar-refractivity contribution in [1.29, 1.82) is 0 Å². The number of carboxylic acids is 1. The second kappa shape index (κ2) is 18.4. The average Bonchev–Trinajstić information content (AvgIpc) is 2.99. The summed E-state index contributed by atoms with van der Waals surface area (Å²) in [6.07, 6.45) is 16.3. The smallest absolute Gasteiger partial charge is 0.326 e. The molecule has 0 radical (unpaired) electrons. The van der Waals surface area contributed by atoms with E-state index in [1.807, 2.05) is 24.5 Å². The predicted octanol–water partition coefficient (Wildman–Crippen LogP) is 9.28. The number of rotatable bonds is 17. The minimum absolute atomic E-state index is 0.335. The number of aryl methyl sites for hydroxylation is 1. The van der Waals surface area contributed by atoms with Crippen molar-refractivity contribution in [2.75, 3.05) is 12.0 Å². The van der Waals surface area contributed by atoms with E-state index in [4.69, 9.17) is 0 Å². The number of carboxylic acid groups (broad SMARTS) is 1. The number of allylic oxidation sites excluding steroid dienone is 2. The van der Waals surface area contributed by atoms with Crippen molar-refractivity contribution < 1.29 is 14.7 Å². The Morgan fingerprint density at radius 3 is 2.41 bits per heavy atom. The van der Waals surface area contributed by atoms with Gasteiger partial charge in [0.2, 0.25) is 0 Å². The van der Waals surface area contributed by atoms with E-state index in [0.29, 0.717) is 29.8 Å². The third-order valence-corrected chi connectivity index (χ3v) is 9.74. The molecular formula is C38H56N2O3S. The van der Waals surface area contributed by atoms with Gasteiger partial charge in [0.05, 0.1) is 0 Å². The third kappa shape index (κ3) is 11.1. The van der Waals surface area contributed by atoms with Gasteiger partial charge in [-0.15, -0.1) is 0 Å². The zero-order chi connectivity index (χ0) is 32.1. The molecule has 1 aliphatic rings. The highest BCUT2D eigenvalue weighted by molar-refractivity contribution is 7.98. The van der Waals surface area contributed by atoms with Gasteiger partial charge in [-0.2, -0.15) is 11.8 Å². The zero-order valence-electron chi connectivity index (χ0n) is 28.0. The Hall–Kier alpha value is -2.57. The quantitative estimate of drug-likeness (QED) is 0.136. The molecule has 0 aromatic heterocycles. The van der Waals surface area contributed by atoms with Crippen LogP contribution in [0.4, 0.5) is 0 Å². The highest BCUT2D eigenvalue weighted by atomic mass is 32.2. The second-order valence-corrected chi connectivity index (χ2v) is 14.2. The van der Waals surface area contributed by atoms with Crippen molar-refractivity contribution in [1.82, 2.24) is 10.2 Å². The normalized spacial score (nSPS) is 15.3. The maximum atomic E-state index is 13.6. The van der Waals surface area contributed by atoms with E-state index in [-0.39, 0.29) is 5.91 Å². The summed E-state index contributed by atoms with van der Waals surface area (Å²) in [6.45, 7) is 11.9. The minimum atomic E-state index is -0.998.